The minimum atomic E-state index is -0.568. The number of nitrogens with two attached hydrogens (primary N) is 1. The number of H-pyrrole nitrogens is 1. The smallest absolute Gasteiger partial charge is 0.276 e. The molecule has 0 aromatic carbocycles. The van der Waals surface area contributed by atoms with Gasteiger partial charge in [-0.1, -0.05) is 5.16 Å². The van der Waals surface area contributed by atoms with E-state index in [1.807, 2.05) is 0 Å². The summed E-state index contributed by atoms with van der Waals surface area (Å²) in [5, 5.41) is 15.0. The number of nitrogens with zero attached hydrogens (tertiary/aromatic N) is 6. The molecule has 1 fully saturated rings. The molecule has 2 atom stereocenters. The van der Waals surface area contributed by atoms with Crippen LogP contribution in [0.25, 0.3) is 0 Å². The van der Waals surface area contributed by atoms with Crippen molar-refractivity contribution in [2.45, 2.75) is 26.3 Å². The minimum Gasteiger partial charge on any atom is -0.369 e. The number of rotatable bonds is 5. The number of aromatic nitrogens is 6. The van der Waals surface area contributed by atoms with Crippen molar-refractivity contribution in [2.75, 3.05) is 13.1 Å². The maximum Gasteiger partial charge on any atom is 0.276 e. The highest BCUT2D eigenvalue weighted by Gasteiger charge is 2.42. The normalized spacial score (nSPS) is 19.3. The SMILES string of the molecule is Cc1nc([C@@H]2CN(C(=O)c3noc(C)c3Cn3cccn3)C[C@H]2C(N)=O)n[nH]1. The number of carbonyl (C=O) groups excluding carboxylic acids is 2. The zero-order valence-electron chi connectivity index (χ0n) is 15.5. The first-order chi connectivity index (χ1) is 13.4. The van der Waals surface area contributed by atoms with Gasteiger partial charge in [-0.3, -0.25) is 19.4 Å². The van der Waals surface area contributed by atoms with E-state index in [0.717, 1.165) is 0 Å². The summed E-state index contributed by atoms with van der Waals surface area (Å²) < 4.78 is 6.94. The molecular weight excluding hydrogens is 364 g/mol. The van der Waals surface area contributed by atoms with E-state index in [9.17, 15) is 9.59 Å². The lowest BCUT2D eigenvalue weighted by atomic mass is 9.95. The highest BCUT2D eigenvalue weighted by molar-refractivity contribution is 5.94. The maximum absolute atomic E-state index is 13.1. The van der Waals surface area contributed by atoms with Gasteiger partial charge in [-0.05, 0) is 19.9 Å². The molecule has 0 unspecified atom stereocenters. The number of amides is 2. The highest BCUT2D eigenvalue weighted by Crippen LogP contribution is 2.32. The van der Waals surface area contributed by atoms with Crippen LogP contribution in [-0.2, 0) is 11.3 Å². The lowest BCUT2D eigenvalue weighted by Gasteiger charge is -2.15. The summed E-state index contributed by atoms with van der Waals surface area (Å²) >= 11 is 0. The summed E-state index contributed by atoms with van der Waals surface area (Å²) in [6.07, 6.45) is 3.45. The summed E-state index contributed by atoms with van der Waals surface area (Å²) in [7, 11) is 0. The molecule has 146 valence electrons. The predicted octanol–water partition coefficient (Wildman–Crippen LogP) is -0.00456. The number of carbonyl (C=O) groups is 2. The van der Waals surface area contributed by atoms with E-state index in [1.54, 1.807) is 41.9 Å². The average Bonchev–Trinajstić information content (AvgIpc) is 3.43. The van der Waals surface area contributed by atoms with Gasteiger partial charge in [-0.25, -0.2) is 4.98 Å². The molecule has 2 amide bonds. The molecule has 0 aliphatic carbocycles. The predicted molar refractivity (Wildman–Crippen MR) is 95.0 cm³/mol. The van der Waals surface area contributed by atoms with Gasteiger partial charge in [-0.15, -0.1) is 0 Å². The van der Waals surface area contributed by atoms with Crippen LogP contribution in [0, 0.1) is 19.8 Å². The van der Waals surface area contributed by atoms with Gasteiger partial charge in [0.2, 0.25) is 5.91 Å². The standard InChI is InChI=1S/C17H20N8O3/c1-9-11(8-25-5-3-4-19-25)14(23-28-9)17(27)24-6-12(15(18)26)13(7-24)16-20-10(2)21-22-16/h3-5,12-13H,6-8H2,1-2H3,(H2,18,26)(H,20,21,22)/t12-,13-/m1/s1. The Morgan fingerprint density at radius 3 is 2.82 bits per heavy atom. The lowest BCUT2D eigenvalue weighted by molar-refractivity contribution is -0.121. The van der Waals surface area contributed by atoms with Gasteiger partial charge < -0.3 is 15.2 Å². The van der Waals surface area contributed by atoms with E-state index >= 15 is 0 Å². The molecule has 28 heavy (non-hydrogen) atoms. The number of hydrogen-bond donors (Lipinski definition) is 2. The van der Waals surface area contributed by atoms with Crippen LogP contribution >= 0.6 is 0 Å². The van der Waals surface area contributed by atoms with Crippen LogP contribution in [0.4, 0.5) is 0 Å². The number of nitrogens with one attached hydrogen (secondary N) is 1. The Morgan fingerprint density at radius 2 is 2.18 bits per heavy atom. The summed E-state index contributed by atoms with van der Waals surface area (Å²) in [6, 6.07) is 1.80. The Labute approximate surface area is 159 Å². The maximum atomic E-state index is 13.1. The van der Waals surface area contributed by atoms with E-state index in [-0.39, 0.29) is 30.6 Å². The first-order valence-corrected chi connectivity index (χ1v) is 8.84. The quantitative estimate of drug-likeness (QED) is 0.628. The second-order valence-electron chi connectivity index (χ2n) is 6.87. The first-order valence-electron chi connectivity index (χ1n) is 8.84. The number of primary amides is 1. The molecule has 1 aliphatic rings. The van der Waals surface area contributed by atoms with Crippen molar-refractivity contribution in [3.63, 3.8) is 0 Å². The van der Waals surface area contributed by atoms with Crippen LogP contribution in [-0.4, -0.2) is 59.9 Å². The van der Waals surface area contributed by atoms with Crippen molar-refractivity contribution in [3.05, 3.63) is 47.1 Å². The number of aromatic amines is 1. The van der Waals surface area contributed by atoms with E-state index in [4.69, 9.17) is 10.3 Å². The molecule has 4 heterocycles. The Hall–Kier alpha value is -3.50. The molecule has 0 radical (unpaired) electrons. The van der Waals surface area contributed by atoms with Crippen LogP contribution in [0.3, 0.4) is 0 Å². The molecule has 11 nitrogen and oxygen atoms in total. The molecule has 4 rings (SSSR count). The molecule has 0 spiro atoms. The number of aryl methyl sites for hydroxylation is 2. The van der Waals surface area contributed by atoms with E-state index < -0.39 is 11.8 Å². The molecule has 3 aromatic heterocycles. The van der Waals surface area contributed by atoms with Crippen LogP contribution < -0.4 is 5.73 Å². The monoisotopic (exact) mass is 384 g/mol. The van der Waals surface area contributed by atoms with Gasteiger partial charge in [-0.2, -0.15) is 10.2 Å². The topological polar surface area (TPSA) is 149 Å². The Balaban J connectivity index is 1.59. The van der Waals surface area contributed by atoms with E-state index in [2.05, 4.69) is 25.4 Å². The van der Waals surface area contributed by atoms with Gasteiger partial charge >= 0.3 is 0 Å². The van der Waals surface area contributed by atoms with Gasteiger partial charge in [0.15, 0.2) is 11.5 Å². The number of likely N-dealkylation sites (tertiary alicyclic amines) is 1. The van der Waals surface area contributed by atoms with Crippen molar-refractivity contribution < 1.29 is 14.1 Å². The van der Waals surface area contributed by atoms with E-state index in [0.29, 0.717) is 29.5 Å². The van der Waals surface area contributed by atoms with Crippen LogP contribution in [0.2, 0.25) is 0 Å². The Kier molecular flexibility index (Phi) is 4.41. The largest absolute Gasteiger partial charge is 0.369 e. The fraction of sp³-hybridized carbons (Fsp3) is 0.412. The number of hydrogen-bond acceptors (Lipinski definition) is 7. The first kappa shape index (κ1) is 17.9. The molecule has 0 bridgehead atoms. The Morgan fingerprint density at radius 1 is 1.36 bits per heavy atom. The molecular formula is C17H20N8O3. The van der Waals surface area contributed by atoms with Gasteiger partial charge in [0.1, 0.15) is 11.6 Å². The van der Waals surface area contributed by atoms with Gasteiger partial charge in [0.05, 0.1) is 18.4 Å². The van der Waals surface area contributed by atoms with Crippen molar-refractivity contribution in [3.8, 4) is 0 Å². The van der Waals surface area contributed by atoms with Gasteiger partial charge in [0.25, 0.3) is 5.91 Å². The molecule has 3 N–H and O–H groups in total. The third-order valence-corrected chi connectivity index (χ3v) is 4.99. The zero-order chi connectivity index (χ0) is 19.8. The summed E-state index contributed by atoms with van der Waals surface area (Å²) in [4.78, 5) is 30.9. The van der Waals surface area contributed by atoms with Crippen molar-refractivity contribution in [1.29, 1.82) is 0 Å². The third-order valence-electron chi connectivity index (χ3n) is 4.99. The minimum absolute atomic E-state index is 0.180. The summed E-state index contributed by atoms with van der Waals surface area (Å²) in [5.74, 6) is -0.0847. The Bertz CT molecular complexity index is 1010. The van der Waals surface area contributed by atoms with Crippen LogP contribution in [0.15, 0.2) is 23.0 Å². The van der Waals surface area contributed by atoms with Crippen LogP contribution in [0.5, 0.6) is 0 Å². The fourth-order valence-corrected chi connectivity index (χ4v) is 3.50. The van der Waals surface area contributed by atoms with Crippen LogP contribution in [0.1, 0.15) is 39.4 Å². The molecule has 3 aromatic rings. The fourth-order valence-electron chi connectivity index (χ4n) is 3.50. The lowest BCUT2D eigenvalue weighted by Crippen LogP contribution is -2.32. The zero-order valence-corrected chi connectivity index (χ0v) is 15.5. The van der Waals surface area contributed by atoms with Gasteiger partial charge in [0, 0.05) is 31.0 Å². The second-order valence-corrected chi connectivity index (χ2v) is 6.87. The molecule has 0 saturated carbocycles. The molecule has 1 aliphatic heterocycles. The average molecular weight is 384 g/mol. The third kappa shape index (κ3) is 3.15. The van der Waals surface area contributed by atoms with Crippen molar-refractivity contribution in [1.82, 2.24) is 35.0 Å². The molecule has 11 heteroatoms. The van der Waals surface area contributed by atoms with Crippen molar-refractivity contribution >= 4 is 11.8 Å². The van der Waals surface area contributed by atoms with Crippen molar-refractivity contribution in [2.24, 2.45) is 11.7 Å². The van der Waals surface area contributed by atoms with E-state index in [1.165, 1.54) is 0 Å². The molecule has 1 saturated heterocycles. The highest BCUT2D eigenvalue weighted by atomic mass is 16.5. The summed E-state index contributed by atoms with van der Waals surface area (Å²) in [5.41, 5.74) is 6.43. The second kappa shape index (κ2) is 6.91. The summed E-state index contributed by atoms with van der Waals surface area (Å²) in [6.45, 7) is 4.34.